The van der Waals surface area contributed by atoms with Crippen molar-refractivity contribution in [2.45, 2.75) is 64.1 Å². The van der Waals surface area contributed by atoms with Crippen molar-refractivity contribution in [3.63, 3.8) is 0 Å². The van der Waals surface area contributed by atoms with E-state index in [4.69, 9.17) is 4.74 Å². The van der Waals surface area contributed by atoms with Gasteiger partial charge in [-0.05, 0) is 81.8 Å². The van der Waals surface area contributed by atoms with Gasteiger partial charge in [-0.15, -0.1) is 0 Å². The van der Waals surface area contributed by atoms with Gasteiger partial charge in [0.25, 0.3) is 5.91 Å². The molecule has 0 bridgehead atoms. The van der Waals surface area contributed by atoms with Crippen LogP contribution in [0.4, 0.5) is 0 Å². The molecule has 2 unspecified atom stereocenters. The highest BCUT2D eigenvalue weighted by atomic mass is 16.5. The zero-order valence-corrected chi connectivity index (χ0v) is 18.9. The Morgan fingerprint density at radius 2 is 2.06 bits per heavy atom. The molecule has 3 heterocycles. The minimum absolute atomic E-state index is 0.0453. The van der Waals surface area contributed by atoms with Crippen molar-refractivity contribution >= 4 is 17.7 Å². The van der Waals surface area contributed by atoms with Crippen molar-refractivity contribution in [1.82, 2.24) is 15.5 Å². The summed E-state index contributed by atoms with van der Waals surface area (Å²) in [5.74, 6) is 0.427. The van der Waals surface area contributed by atoms with Gasteiger partial charge in [-0.2, -0.15) is 5.26 Å². The highest BCUT2D eigenvalue weighted by Gasteiger charge is 2.46. The maximum absolute atomic E-state index is 12.9. The zero-order chi connectivity index (χ0) is 23.2. The summed E-state index contributed by atoms with van der Waals surface area (Å²) in [5, 5.41) is 15.7. The van der Waals surface area contributed by atoms with Crippen molar-refractivity contribution in [2.24, 2.45) is 17.3 Å². The Morgan fingerprint density at radius 3 is 2.85 bits per heavy atom. The van der Waals surface area contributed by atoms with Gasteiger partial charge in [0.05, 0.1) is 11.5 Å². The van der Waals surface area contributed by atoms with Gasteiger partial charge in [0.2, 0.25) is 11.8 Å². The molecule has 8 heteroatoms. The monoisotopic (exact) mass is 450 g/mol. The molecule has 1 aliphatic carbocycles. The molecule has 2 N–H and O–H groups in total. The number of nitrogens with one attached hydrogen (secondary N) is 2. The van der Waals surface area contributed by atoms with Gasteiger partial charge in [0.15, 0.2) is 0 Å². The van der Waals surface area contributed by atoms with Gasteiger partial charge in [-0.1, -0.05) is 0 Å². The Morgan fingerprint density at radius 1 is 1.21 bits per heavy atom. The second kappa shape index (κ2) is 8.45. The maximum atomic E-state index is 12.9. The van der Waals surface area contributed by atoms with E-state index < -0.39 is 11.9 Å². The van der Waals surface area contributed by atoms with Crippen LogP contribution in [0.25, 0.3) is 0 Å². The average Bonchev–Trinajstić information content (AvgIpc) is 3.38. The van der Waals surface area contributed by atoms with Crippen LogP contribution in [0.5, 0.6) is 5.75 Å². The number of rotatable bonds is 4. The van der Waals surface area contributed by atoms with Gasteiger partial charge >= 0.3 is 0 Å². The maximum Gasteiger partial charge on any atom is 0.255 e. The lowest BCUT2D eigenvalue weighted by molar-refractivity contribution is -0.136. The van der Waals surface area contributed by atoms with E-state index in [0.29, 0.717) is 24.4 Å². The number of benzene rings is 1. The first kappa shape index (κ1) is 21.9. The standard InChI is InChI=1S/C25H30N4O4/c1-25(14-26)9-10-27-12-19(25)18-3-2-4-21(18)33-16-5-6-17-15(11-16)13-29(24(17)32)20-7-8-22(30)28-23(20)31/h5-6,11,18-21,27H,2-4,7-10,12-13H2,1H3,(H,28,30,31)/t18-,19?,20-,21-,25?/m0/s1. The van der Waals surface area contributed by atoms with E-state index in [2.05, 4.69) is 23.6 Å². The van der Waals surface area contributed by atoms with E-state index in [1.807, 2.05) is 12.1 Å². The summed E-state index contributed by atoms with van der Waals surface area (Å²) in [7, 11) is 0. The molecule has 2 saturated heterocycles. The highest BCUT2D eigenvalue weighted by Crippen LogP contribution is 2.45. The quantitative estimate of drug-likeness (QED) is 0.680. The number of piperidine rings is 2. The number of hydrogen-bond donors (Lipinski definition) is 2. The minimum atomic E-state index is -0.617. The number of amides is 3. The number of imide groups is 1. The SMILES string of the molecule is CC1(C#N)CCNCC1[C@@H]1CCC[C@@H]1Oc1ccc2c(c1)CN([C@H]1CCC(=O)NC1=O)C2=O. The topological polar surface area (TPSA) is 112 Å². The lowest BCUT2D eigenvalue weighted by atomic mass is 9.66. The summed E-state index contributed by atoms with van der Waals surface area (Å²) >= 11 is 0. The van der Waals surface area contributed by atoms with Gasteiger partial charge < -0.3 is 15.0 Å². The Labute approximate surface area is 193 Å². The molecule has 1 aromatic carbocycles. The first-order valence-corrected chi connectivity index (χ1v) is 12.0. The molecule has 1 aromatic rings. The molecular weight excluding hydrogens is 420 g/mol. The minimum Gasteiger partial charge on any atom is -0.490 e. The first-order valence-electron chi connectivity index (χ1n) is 12.0. The number of nitriles is 1. The Kier molecular flexibility index (Phi) is 5.61. The van der Waals surface area contributed by atoms with E-state index >= 15 is 0 Å². The fraction of sp³-hybridized carbons (Fsp3) is 0.600. The summed E-state index contributed by atoms with van der Waals surface area (Å²) in [4.78, 5) is 38.2. The van der Waals surface area contributed by atoms with Crippen LogP contribution in [0, 0.1) is 28.6 Å². The Hall–Kier alpha value is -2.92. The fourth-order valence-corrected chi connectivity index (χ4v) is 6.14. The second-order valence-corrected chi connectivity index (χ2v) is 10.1. The molecule has 0 aromatic heterocycles. The van der Waals surface area contributed by atoms with Gasteiger partial charge in [-0.3, -0.25) is 19.7 Å². The number of hydrogen-bond acceptors (Lipinski definition) is 6. The number of ether oxygens (including phenoxy) is 1. The van der Waals surface area contributed by atoms with Crippen LogP contribution in [0.2, 0.25) is 0 Å². The number of nitrogens with zero attached hydrogens (tertiary/aromatic N) is 2. The summed E-state index contributed by atoms with van der Waals surface area (Å²) in [5.41, 5.74) is 1.09. The molecule has 8 nitrogen and oxygen atoms in total. The first-order chi connectivity index (χ1) is 15.9. The molecule has 3 aliphatic heterocycles. The van der Waals surface area contributed by atoms with Crippen LogP contribution in [0.15, 0.2) is 18.2 Å². The molecular formula is C25H30N4O4. The fourth-order valence-electron chi connectivity index (χ4n) is 6.14. The van der Waals surface area contributed by atoms with E-state index in [1.165, 1.54) is 0 Å². The van der Waals surface area contributed by atoms with Crippen LogP contribution in [0.3, 0.4) is 0 Å². The van der Waals surface area contributed by atoms with Crippen LogP contribution in [-0.4, -0.2) is 47.9 Å². The van der Waals surface area contributed by atoms with Crippen LogP contribution >= 0.6 is 0 Å². The van der Waals surface area contributed by atoms with E-state index in [1.54, 1.807) is 11.0 Å². The lowest BCUT2D eigenvalue weighted by Crippen LogP contribution is -2.52. The molecule has 5 rings (SSSR count). The third-order valence-corrected chi connectivity index (χ3v) is 8.06. The van der Waals surface area contributed by atoms with E-state index in [0.717, 1.165) is 50.1 Å². The van der Waals surface area contributed by atoms with Crippen molar-refractivity contribution < 1.29 is 19.1 Å². The van der Waals surface area contributed by atoms with Crippen molar-refractivity contribution in [3.8, 4) is 11.8 Å². The number of carbonyl (C=O) groups is 3. The van der Waals surface area contributed by atoms with Gasteiger partial charge in [0.1, 0.15) is 17.9 Å². The normalized spacial score (nSPS) is 34.1. The molecule has 174 valence electrons. The zero-order valence-electron chi connectivity index (χ0n) is 18.9. The van der Waals surface area contributed by atoms with Crippen LogP contribution < -0.4 is 15.4 Å². The predicted octanol–water partition coefficient (Wildman–Crippen LogP) is 2.13. The van der Waals surface area contributed by atoms with E-state index in [9.17, 15) is 19.6 Å². The molecule has 0 spiro atoms. The summed E-state index contributed by atoms with van der Waals surface area (Å²) in [6.45, 7) is 4.14. The molecule has 3 fully saturated rings. The Balaban J connectivity index is 1.31. The molecule has 0 radical (unpaired) electrons. The number of carbonyl (C=O) groups excluding carboxylic acids is 3. The van der Waals surface area contributed by atoms with Crippen molar-refractivity contribution in [1.29, 1.82) is 5.26 Å². The molecule has 4 aliphatic rings. The van der Waals surface area contributed by atoms with Gasteiger partial charge in [0, 0.05) is 24.4 Å². The Bertz CT molecular complexity index is 1030. The summed E-state index contributed by atoms with van der Waals surface area (Å²) in [6, 6.07) is 7.50. The smallest absolute Gasteiger partial charge is 0.255 e. The highest BCUT2D eigenvalue weighted by molar-refractivity contribution is 6.05. The second-order valence-electron chi connectivity index (χ2n) is 10.1. The summed E-state index contributed by atoms with van der Waals surface area (Å²) in [6.07, 6.45) is 4.59. The molecule has 1 saturated carbocycles. The van der Waals surface area contributed by atoms with Gasteiger partial charge in [-0.25, -0.2) is 0 Å². The van der Waals surface area contributed by atoms with Crippen molar-refractivity contribution in [3.05, 3.63) is 29.3 Å². The van der Waals surface area contributed by atoms with Crippen LogP contribution in [0.1, 0.15) is 61.4 Å². The lowest BCUT2D eigenvalue weighted by Gasteiger charge is -2.42. The molecule has 5 atom stereocenters. The third kappa shape index (κ3) is 3.89. The average molecular weight is 451 g/mol. The number of fused-ring (bicyclic) bond motifs is 1. The molecule has 33 heavy (non-hydrogen) atoms. The van der Waals surface area contributed by atoms with Crippen molar-refractivity contribution in [2.75, 3.05) is 13.1 Å². The molecule has 3 amide bonds. The third-order valence-electron chi connectivity index (χ3n) is 8.06. The predicted molar refractivity (Wildman–Crippen MR) is 119 cm³/mol. The van der Waals surface area contributed by atoms with Crippen LogP contribution in [-0.2, 0) is 16.1 Å². The summed E-state index contributed by atoms with van der Waals surface area (Å²) < 4.78 is 6.46. The largest absolute Gasteiger partial charge is 0.490 e. The van der Waals surface area contributed by atoms with E-state index in [-0.39, 0.29) is 35.7 Å².